The number of aromatic nitrogens is 6. The standard InChI is InChI=1S/C26H31N7O/c1-16(2)22-14-20(21-15-27-33(17(3)4)25(21)29-22)26(34)28-19-11-9-18(10-12-19)24-31-30-23-8-6-5-7-13-32(23)24/h9-12,14-17H,5-8,13H2,1-4H3,(H,28,34). The number of benzene rings is 1. The topological polar surface area (TPSA) is 90.5 Å². The first-order valence-corrected chi connectivity index (χ1v) is 12.1. The molecule has 1 N–H and O–H groups in total. The summed E-state index contributed by atoms with van der Waals surface area (Å²) in [4.78, 5) is 18.1. The third-order valence-electron chi connectivity index (χ3n) is 6.42. The van der Waals surface area contributed by atoms with E-state index < -0.39 is 0 Å². The minimum Gasteiger partial charge on any atom is -0.322 e. The van der Waals surface area contributed by atoms with Crippen LogP contribution in [-0.2, 0) is 13.0 Å². The first-order valence-electron chi connectivity index (χ1n) is 12.1. The maximum atomic E-state index is 13.3. The fourth-order valence-electron chi connectivity index (χ4n) is 4.50. The van der Waals surface area contributed by atoms with Gasteiger partial charge in [-0.1, -0.05) is 20.3 Å². The second-order valence-corrected chi connectivity index (χ2v) is 9.60. The predicted octanol–water partition coefficient (Wildman–Crippen LogP) is 5.37. The van der Waals surface area contributed by atoms with E-state index in [0.29, 0.717) is 5.56 Å². The highest BCUT2D eigenvalue weighted by molar-refractivity contribution is 6.12. The monoisotopic (exact) mass is 457 g/mol. The first-order chi connectivity index (χ1) is 16.4. The molecule has 0 saturated carbocycles. The minimum atomic E-state index is -0.165. The molecule has 8 heteroatoms. The van der Waals surface area contributed by atoms with E-state index in [1.54, 1.807) is 6.20 Å². The van der Waals surface area contributed by atoms with Crippen LogP contribution >= 0.6 is 0 Å². The molecule has 3 aromatic heterocycles. The van der Waals surface area contributed by atoms with E-state index in [1.807, 2.05) is 35.0 Å². The molecule has 0 atom stereocenters. The molecule has 0 bridgehead atoms. The van der Waals surface area contributed by atoms with Gasteiger partial charge in [-0.25, -0.2) is 9.67 Å². The Balaban J connectivity index is 1.42. The van der Waals surface area contributed by atoms with Crippen molar-refractivity contribution in [3.8, 4) is 11.4 Å². The van der Waals surface area contributed by atoms with Gasteiger partial charge in [0.15, 0.2) is 11.5 Å². The van der Waals surface area contributed by atoms with Crippen LogP contribution in [0.15, 0.2) is 36.5 Å². The van der Waals surface area contributed by atoms with Crippen molar-refractivity contribution >= 4 is 22.6 Å². The van der Waals surface area contributed by atoms with Crippen LogP contribution < -0.4 is 5.32 Å². The molecule has 1 aliphatic rings. The van der Waals surface area contributed by atoms with E-state index in [0.717, 1.165) is 59.0 Å². The van der Waals surface area contributed by atoms with Crippen molar-refractivity contribution in [3.05, 3.63) is 53.6 Å². The Morgan fingerprint density at radius 2 is 1.82 bits per heavy atom. The molecule has 0 aliphatic carbocycles. The molecule has 1 aliphatic heterocycles. The van der Waals surface area contributed by atoms with Gasteiger partial charge in [0.25, 0.3) is 5.91 Å². The number of carbonyl (C=O) groups is 1. The number of hydrogen-bond donors (Lipinski definition) is 1. The number of pyridine rings is 1. The summed E-state index contributed by atoms with van der Waals surface area (Å²) in [6, 6.07) is 9.87. The van der Waals surface area contributed by atoms with Crippen molar-refractivity contribution in [2.24, 2.45) is 0 Å². The number of hydrogen-bond acceptors (Lipinski definition) is 5. The maximum absolute atomic E-state index is 13.3. The highest BCUT2D eigenvalue weighted by Crippen LogP contribution is 2.27. The summed E-state index contributed by atoms with van der Waals surface area (Å²) in [5.41, 5.74) is 3.95. The molecule has 4 heterocycles. The Kier molecular flexibility index (Phi) is 5.89. The molecule has 0 radical (unpaired) electrons. The van der Waals surface area contributed by atoms with E-state index in [2.05, 4.69) is 52.9 Å². The lowest BCUT2D eigenvalue weighted by Crippen LogP contribution is -2.14. The molecule has 4 aromatic rings. The van der Waals surface area contributed by atoms with Crippen LogP contribution in [0.4, 0.5) is 5.69 Å². The van der Waals surface area contributed by atoms with Crippen LogP contribution in [0.2, 0.25) is 0 Å². The molecule has 1 aromatic carbocycles. The second-order valence-electron chi connectivity index (χ2n) is 9.60. The van der Waals surface area contributed by atoms with Crippen molar-refractivity contribution in [1.29, 1.82) is 0 Å². The summed E-state index contributed by atoms with van der Waals surface area (Å²) >= 11 is 0. The lowest BCUT2D eigenvalue weighted by molar-refractivity contribution is 0.102. The summed E-state index contributed by atoms with van der Waals surface area (Å²) in [5, 5.41) is 17.1. The average Bonchev–Trinajstić information content (AvgIpc) is 3.36. The fourth-order valence-corrected chi connectivity index (χ4v) is 4.50. The van der Waals surface area contributed by atoms with E-state index in [9.17, 15) is 4.79 Å². The molecular formula is C26H31N7O. The van der Waals surface area contributed by atoms with Crippen molar-refractivity contribution < 1.29 is 4.79 Å². The molecule has 5 rings (SSSR count). The lowest BCUT2D eigenvalue weighted by Gasteiger charge is -2.13. The van der Waals surface area contributed by atoms with Gasteiger partial charge >= 0.3 is 0 Å². The molecule has 1 amide bonds. The molecule has 34 heavy (non-hydrogen) atoms. The van der Waals surface area contributed by atoms with Crippen molar-refractivity contribution in [2.75, 3.05) is 5.32 Å². The average molecular weight is 458 g/mol. The summed E-state index contributed by atoms with van der Waals surface area (Å²) in [7, 11) is 0. The third-order valence-corrected chi connectivity index (χ3v) is 6.42. The van der Waals surface area contributed by atoms with Crippen molar-refractivity contribution in [1.82, 2.24) is 29.5 Å². The van der Waals surface area contributed by atoms with Crippen LogP contribution in [-0.4, -0.2) is 35.4 Å². The fraction of sp³-hybridized carbons (Fsp3) is 0.423. The SMILES string of the molecule is CC(C)c1cc(C(=O)Nc2ccc(-c3nnc4n3CCCCC4)cc2)c2cnn(C(C)C)c2n1. The van der Waals surface area contributed by atoms with Crippen LogP contribution in [0.25, 0.3) is 22.4 Å². The van der Waals surface area contributed by atoms with Crippen LogP contribution in [0.5, 0.6) is 0 Å². The molecule has 176 valence electrons. The minimum absolute atomic E-state index is 0.156. The second kappa shape index (κ2) is 9.00. The Labute approximate surface area is 199 Å². The van der Waals surface area contributed by atoms with Crippen LogP contribution in [0.3, 0.4) is 0 Å². The summed E-state index contributed by atoms with van der Waals surface area (Å²) < 4.78 is 4.10. The van der Waals surface area contributed by atoms with Crippen molar-refractivity contribution in [3.63, 3.8) is 0 Å². The summed E-state index contributed by atoms with van der Waals surface area (Å²) in [6.45, 7) is 9.24. The van der Waals surface area contributed by atoms with E-state index in [-0.39, 0.29) is 17.9 Å². The van der Waals surface area contributed by atoms with E-state index >= 15 is 0 Å². The number of nitrogens with zero attached hydrogens (tertiary/aromatic N) is 6. The molecule has 8 nitrogen and oxygen atoms in total. The first kappa shape index (κ1) is 22.3. The Hall–Kier alpha value is -3.55. The Morgan fingerprint density at radius 1 is 1.03 bits per heavy atom. The number of nitrogens with one attached hydrogen (secondary N) is 1. The predicted molar refractivity (Wildman–Crippen MR) is 133 cm³/mol. The summed E-state index contributed by atoms with van der Waals surface area (Å²) in [5.74, 6) is 1.99. The molecule has 0 spiro atoms. The summed E-state index contributed by atoms with van der Waals surface area (Å²) in [6.07, 6.45) is 6.26. The van der Waals surface area contributed by atoms with Gasteiger partial charge in [-0.2, -0.15) is 5.10 Å². The van der Waals surface area contributed by atoms with Gasteiger partial charge in [-0.05, 0) is 62.9 Å². The highest BCUT2D eigenvalue weighted by Gasteiger charge is 2.20. The van der Waals surface area contributed by atoms with Gasteiger partial charge in [0.05, 0.1) is 17.1 Å². The number of rotatable bonds is 5. The van der Waals surface area contributed by atoms with Gasteiger partial charge in [0.2, 0.25) is 0 Å². The number of anilines is 1. The molecular weight excluding hydrogens is 426 g/mol. The van der Waals surface area contributed by atoms with Gasteiger partial charge in [-0.3, -0.25) is 4.79 Å². The zero-order chi connectivity index (χ0) is 23.8. The van der Waals surface area contributed by atoms with Gasteiger partial charge in [-0.15, -0.1) is 10.2 Å². The van der Waals surface area contributed by atoms with Gasteiger partial charge < -0.3 is 9.88 Å². The number of fused-ring (bicyclic) bond motifs is 2. The zero-order valence-corrected chi connectivity index (χ0v) is 20.2. The largest absolute Gasteiger partial charge is 0.322 e. The quantitative estimate of drug-likeness (QED) is 0.435. The number of aryl methyl sites for hydroxylation is 1. The Bertz CT molecular complexity index is 1330. The van der Waals surface area contributed by atoms with Crippen LogP contribution in [0.1, 0.15) is 80.8 Å². The van der Waals surface area contributed by atoms with Crippen molar-refractivity contribution in [2.45, 2.75) is 71.9 Å². The highest BCUT2D eigenvalue weighted by atomic mass is 16.1. The lowest BCUT2D eigenvalue weighted by atomic mass is 10.0. The zero-order valence-electron chi connectivity index (χ0n) is 20.2. The number of amides is 1. The third kappa shape index (κ3) is 4.08. The van der Waals surface area contributed by atoms with Gasteiger partial charge in [0, 0.05) is 36.0 Å². The normalized spacial score (nSPS) is 13.9. The van der Waals surface area contributed by atoms with Gasteiger partial charge in [0.1, 0.15) is 5.82 Å². The Morgan fingerprint density at radius 3 is 2.56 bits per heavy atom. The molecule has 0 saturated heterocycles. The molecule has 0 unspecified atom stereocenters. The van der Waals surface area contributed by atoms with E-state index in [4.69, 9.17) is 4.98 Å². The molecule has 0 fully saturated rings. The van der Waals surface area contributed by atoms with Crippen LogP contribution in [0, 0.1) is 0 Å². The smallest absolute Gasteiger partial charge is 0.256 e. The number of carbonyl (C=O) groups excluding carboxylic acids is 1. The van der Waals surface area contributed by atoms with E-state index in [1.165, 1.54) is 12.8 Å². The maximum Gasteiger partial charge on any atom is 0.256 e.